The maximum Gasteiger partial charge on any atom is -0.0159 e. The Kier molecular flexibility index (Phi) is 5.59. The number of hydrogen-bond donors (Lipinski definition) is 0. The van der Waals surface area contributed by atoms with Crippen molar-refractivity contribution in [2.24, 2.45) is 0 Å². The maximum atomic E-state index is 2.33. The monoisotopic (exact) mass is 218 g/mol. The summed E-state index contributed by atoms with van der Waals surface area (Å²) in [5, 5.41) is 0. The van der Waals surface area contributed by atoms with Gasteiger partial charge in [-0.15, -0.1) is 0 Å². The molecule has 1 unspecified atom stereocenters. The Bertz CT molecular complexity index is 312. The molecule has 0 heterocycles. The van der Waals surface area contributed by atoms with Gasteiger partial charge in [-0.05, 0) is 49.3 Å². The third-order valence-corrected chi connectivity index (χ3v) is 3.63. The van der Waals surface area contributed by atoms with Crippen molar-refractivity contribution in [3.05, 3.63) is 34.9 Å². The minimum Gasteiger partial charge on any atom is -0.0654 e. The summed E-state index contributed by atoms with van der Waals surface area (Å²) in [4.78, 5) is 0. The predicted molar refractivity (Wildman–Crippen MR) is 73.1 cm³/mol. The maximum absolute atomic E-state index is 2.33. The Morgan fingerprint density at radius 2 is 1.75 bits per heavy atom. The molecule has 0 aliphatic rings. The van der Waals surface area contributed by atoms with Crippen molar-refractivity contribution < 1.29 is 0 Å². The second-order valence-corrected chi connectivity index (χ2v) is 4.92. The SMILES string of the molecule is CCCCC(CCC)c1cccc(C)c1C. The lowest BCUT2D eigenvalue weighted by atomic mass is 9.86. The van der Waals surface area contributed by atoms with E-state index in [1.54, 1.807) is 5.56 Å². The zero-order valence-electron chi connectivity index (χ0n) is 11.3. The van der Waals surface area contributed by atoms with Crippen LogP contribution in [-0.4, -0.2) is 0 Å². The van der Waals surface area contributed by atoms with Gasteiger partial charge in [-0.2, -0.15) is 0 Å². The summed E-state index contributed by atoms with van der Waals surface area (Å²) in [6.45, 7) is 9.08. The van der Waals surface area contributed by atoms with E-state index in [9.17, 15) is 0 Å². The van der Waals surface area contributed by atoms with Gasteiger partial charge < -0.3 is 0 Å². The first kappa shape index (κ1) is 13.3. The van der Waals surface area contributed by atoms with Gasteiger partial charge in [0.2, 0.25) is 0 Å². The third kappa shape index (κ3) is 3.37. The fraction of sp³-hybridized carbons (Fsp3) is 0.625. The largest absolute Gasteiger partial charge is 0.0654 e. The number of benzene rings is 1. The van der Waals surface area contributed by atoms with E-state index in [1.807, 2.05) is 0 Å². The summed E-state index contributed by atoms with van der Waals surface area (Å²) in [6, 6.07) is 6.77. The van der Waals surface area contributed by atoms with Gasteiger partial charge in [0.15, 0.2) is 0 Å². The zero-order chi connectivity index (χ0) is 12.0. The van der Waals surface area contributed by atoms with Crippen LogP contribution in [-0.2, 0) is 0 Å². The fourth-order valence-corrected chi connectivity index (χ4v) is 2.47. The summed E-state index contributed by atoms with van der Waals surface area (Å²) >= 11 is 0. The molecule has 1 aromatic rings. The van der Waals surface area contributed by atoms with Crippen LogP contribution in [0.15, 0.2) is 18.2 Å². The lowest BCUT2D eigenvalue weighted by Gasteiger charge is -2.19. The standard InChI is InChI=1S/C16H26/c1-5-7-11-15(9-6-2)16-12-8-10-13(3)14(16)4/h8,10,12,15H,5-7,9,11H2,1-4H3. The Morgan fingerprint density at radius 3 is 2.38 bits per heavy atom. The van der Waals surface area contributed by atoms with Gasteiger partial charge >= 0.3 is 0 Å². The first-order chi connectivity index (χ1) is 7.70. The van der Waals surface area contributed by atoms with Crippen LogP contribution in [0.4, 0.5) is 0 Å². The minimum absolute atomic E-state index is 0.782. The van der Waals surface area contributed by atoms with Crippen LogP contribution in [0.5, 0.6) is 0 Å². The average molecular weight is 218 g/mol. The summed E-state index contributed by atoms with van der Waals surface area (Å²) in [5.41, 5.74) is 4.54. The predicted octanol–water partition coefficient (Wildman–Crippen LogP) is 5.38. The number of aryl methyl sites for hydroxylation is 1. The highest BCUT2D eigenvalue weighted by atomic mass is 14.2. The van der Waals surface area contributed by atoms with Crippen molar-refractivity contribution in [1.82, 2.24) is 0 Å². The van der Waals surface area contributed by atoms with Gasteiger partial charge in [-0.3, -0.25) is 0 Å². The molecule has 0 saturated heterocycles. The van der Waals surface area contributed by atoms with Crippen LogP contribution >= 0.6 is 0 Å². The molecule has 1 aromatic carbocycles. The summed E-state index contributed by atoms with van der Waals surface area (Å²) in [5.74, 6) is 0.782. The molecule has 0 radical (unpaired) electrons. The lowest BCUT2D eigenvalue weighted by molar-refractivity contribution is 0.539. The molecule has 1 rings (SSSR count). The summed E-state index contributed by atoms with van der Waals surface area (Å²) in [7, 11) is 0. The highest BCUT2D eigenvalue weighted by Crippen LogP contribution is 2.30. The Morgan fingerprint density at radius 1 is 1.00 bits per heavy atom. The van der Waals surface area contributed by atoms with E-state index in [2.05, 4.69) is 45.9 Å². The van der Waals surface area contributed by atoms with Gasteiger partial charge in [0.25, 0.3) is 0 Å². The molecule has 0 aliphatic heterocycles. The van der Waals surface area contributed by atoms with Crippen molar-refractivity contribution in [1.29, 1.82) is 0 Å². The van der Waals surface area contributed by atoms with Gasteiger partial charge in [0.1, 0.15) is 0 Å². The summed E-state index contributed by atoms with van der Waals surface area (Å²) < 4.78 is 0. The number of unbranched alkanes of at least 4 members (excludes halogenated alkanes) is 1. The normalized spacial score (nSPS) is 12.8. The van der Waals surface area contributed by atoms with E-state index >= 15 is 0 Å². The molecule has 0 bridgehead atoms. The summed E-state index contributed by atoms with van der Waals surface area (Å²) in [6.07, 6.45) is 6.66. The topological polar surface area (TPSA) is 0 Å². The van der Waals surface area contributed by atoms with Crippen LogP contribution in [0.2, 0.25) is 0 Å². The lowest BCUT2D eigenvalue weighted by Crippen LogP contribution is -2.02. The molecule has 0 saturated carbocycles. The minimum atomic E-state index is 0.782. The molecule has 0 amide bonds. The van der Waals surface area contributed by atoms with Crippen LogP contribution < -0.4 is 0 Å². The van der Waals surface area contributed by atoms with Crippen molar-refractivity contribution in [3.8, 4) is 0 Å². The van der Waals surface area contributed by atoms with Crippen molar-refractivity contribution in [2.45, 2.75) is 65.7 Å². The molecule has 0 heteroatoms. The van der Waals surface area contributed by atoms with Crippen LogP contribution in [0, 0.1) is 13.8 Å². The molecule has 0 aliphatic carbocycles. The van der Waals surface area contributed by atoms with Crippen molar-refractivity contribution in [2.75, 3.05) is 0 Å². The second kappa shape index (κ2) is 6.73. The van der Waals surface area contributed by atoms with Crippen LogP contribution in [0.1, 0.15) is 68.6 Å². The molecular formula is C16H26. The first-order valence-electron chi connectivity index (χ1n) is 6.76. The molecule has 0 N–H and O–H groups in total. The van der Waals surface area contributed by atoms with E-state index in [4.69, 9.17) is 0 Å². The highest BCUT2D eigenvalue weighted by molar-refractivity contribution is 5.35. The number of hydrogen-bond acceptors (Lipinski definition) is 0. The Balaban J connectivity index is 2.86. The fourth-order valence-electron chi connectivity index (χ4n) is 2.47. The smallest absolute Gasteiger partial charge is 0.0159 e. The van der Waals surface area contributed by atoms with E-state index in [-0.39, 0.29) is 0 Å². The Hall–Kier alpha value is -0.780. The van der Waals surface area contributed by atoms with Gasteiger partial charge in [-0.25, -0.2) is 0 Å². The van der Waals surface area contributed by atoms with Crippen LogP contribution in [0.3, 0.4) is 0 Å². The van der Waals surface area contributed by atoms with Crippen molar-refractivity contribution >= 4 is 0 Å². The average Bonchev–Trinajstić information content (AvgIpc) is 2.28. The van der Waals surface area contributed by atoms with E-state index in [0.29, 0.717) is 0 Å². The molecule has 90 valence electrons. The molecular weight excluding hydrogens is 192 g/mol. The zero-order valence-corrected chi connectivity index (χ0v) is 11.3. The molecule has 0 spiro atoms. The number of rotatable bonds is 6. The van der Waals surface area contributed by atoms with Crippen LogP contribution in [0.25, 0.3) is 0 Å². The molecule has 0 fully saturated rings. The van der Waals surface area contributed by atoms with E-state index in [1.165, 1.54) is 43.2 Å². The third-order valence-electron chi connectivity index (χ3n) is 3.63. The second-order valence-electron chi connectivity index (χ2n) is 4.92. The van der Waals surface area contributed by atoms with E-state index in [0.717, 1.165) is 5.92 Å². The van der Waals surface area contributed by atoms with E-state index < -0.39 is 0 Å². The van der Waals surface area contributed by atoms with Gasteiger partial charge in [-0.1, -0.05) is 51.3 Å². The Labute approximate surface area is 101 Å². The molecule has 1 atom stereocenters. The molecule has 16 heavy (non-hydrogen) atoms. The molecule has 0 aromatic heterocycles. The highest BCUT2D eigenvalue weighted by Gasteiger charge is 2.13. The molecule has 0 nitrogen and oxygen atoms in total. The van der Waals surface area contributed by atoms with Gasteiger partial charge in [0.05, 0.1) is 0 Å². The quantitative estimate of drug-likeness (QED) is 0.601. The first-order valence-corrected chi connectivity index (χ1v) is 6.76. The van der Waals surface area contributed by atoms with Gasteiger partial charge in [0, 0.05) is 0 Å². The van der Waals surface area contributed by atoms with Crippen molar-refractivity contribution in [3.63, 3.8) is 0 Å².